The number of ether oxygens (including phenoxy) is 1. The van der Waals surface area contributed by atoms with Crippen molar-refractivity contribution in [2.75, 3.05) is 12.4 Å². The Morgan fingerprint density at radius 1 is 1.26 bits per heavy atom. The average Bonchev–Trinajstić information content (AvgIpc) is 3.11. The van der Waals surface area contributed by atoms with Gasteiger partial charge in [-0.25, -0.2) is 4.79 Å². The molecule has 2 aromatic rings. The number of amides is 2. The van der Waals surface area contributed by atoms with Crippen molar-refractivity contribution < 1.29 is 19.1 Å². The van der Waals surface area contributed by atoms with E-state index in [0.29, 0.717) is 23.2 Å². The van der Waals surface area contributed by atoms with Gasteiger partial charge in [0.2, 0.25) is 5.91 Å². The predicted molar refractivity (Wildman–Crippen MR) is 100 cm³/mol. The van der Waals surface area contributed by atoms with Gasteiger partial charge in [-0.15, -0.1) is 0 Å². The fraction of sp³-hybridized carbons (Fsp3) is 0.368. The van der Waals surface area contributed by atoms with Crippen LogP contribution in [0.3, 0.4) is 0 Å². The summed E-state index contributed by atoms with van der Waals surface area (Å²) in [5.74, 6) is -1.25. The van der Waals surface area contributed by atoms with Crippen LogP contribution in [0.5, 0.6) is 0 Å². The lowest BCUT2D eigenvalue weighted by Gasteiger charge is -2.20. The summed E-state index contributed by atoms with van der Waals surface area (Å²) in [6.45, 7) is 2.00. The first-order chi connectivity index (χ1) is 13.0. The van der Waals surface area contributed by atoms with Crippen LogP contribution in [0.25, 0.3) is 0 Å². The quantitative estimate of drug-likeness (QED) is 0.692. The van der Waals surface area contributed by atoms with E-state index in [1.54, 1.807) is 37.5 Å². The molecule has 2 N–H and O–H groups in total. The van der Waals surface area contributed by atoms with E-state index in [9.17, 15) is 14.4 Å². The van der Waals surface area contributed by atoms with Crippen LogP contribution in [0.1, 0.15) is 48.1 Å². The number of unbranched alkanes of at least 4 members (excludes halogenated alkanes) is 1. The van der Waals surface area contributed by atoms with Crippen molar-refractivity contribution in [3.05, 3.63) is 47.8 Å². The second kappa shape index (κ2) is 9.51. The minimum Gasteiger partial charge on any atom is -0.467 e. The maximum absolute atomic E-state index is 12.5. The number of para-hydroxylation sites is 1. The van der Waals surface area contributed by atoms with E-state index in [0.717, 1.165) is 12.8 Å². The zero-order valence-corrected chi connectivity index (χ0v) is 15.7. The van der Waals surface area contributed by atoms with Crippen molar-refractivity contribution in [3.8, 4) is 0 Å². The van der Waals surface area contributed by atoms with Gasteiger partial charge < -0.3 is 15.4 Å². The lowest BCUT2D eigenvalue weighted by atomic mass is 10.0. The van der Waals surface area contributed by atoms with Gasteiger partial charge in [-0.3, -0.25) is 14.3 Å². The number of carbonyl (C=O) groups is 3. The van der Waals surface area contributed by atoms with Crippen LogP contribution in [-0.4, -0.2) is 34.7 Å². The van der Waals surface area contributed by atoms with Crippen LogP contribution in [0.2, 0.25) is 0 Å². The molecule has 0 saturated carbocycles. The van der Waals surface area contributed by atoms with E-state index in [1.165, 1.54) is 18.0 Å². The molecule has 0 spiro atoms. The topological polar surface area (TPSA) is 102 Å². The standard InChI is InChI=1S/C19H24N4O4/c1-4-5-10-16(24)21-15-9-7-6-8-14(15)17(19(26)27-3)22-18(25)13-11-20-23(2)12-13/h6-9,11-12,17H,4-5,10H2,1-3H3,(H,21,24)(H,22,25). The lowest BCUT2D eigenvalue weighted by molar-refractivity contribution is -0.143. The molecule has 8 nitrogen and oxygen atoms in total. The molecule has 0 fully saturated rings. The number of anilines is 1. The van der Waals surface area contributed by atoms with E-state index in [1.807, 2.05) is 6.92 Å². The smallest absolute Gasteiger partial charge is 0.333 e. The number of methoxy groups -OCH3 is 1. The predicted octanol–water partition coefficient (Wildman–Crippen LogP) is 2.19. The molecular formula is C19H24N4O4. The molecule has 2 amide bonds. The maximum Gasteiger partial charge on any atom is 0.333 e. The van der Waals surface area contributed by atoms with Gasteiger partial charge in [-0.2, -0.15) is 5.10 Å². The Hall–Kier alpha value is -3.16. The Balaban J connectivity index is 2.27. The van der Waals surface area contributed by atoms with Gasteiger partial charge in [0.25, 0.3) is 5.91 Å². The molecule has 0 aliphatic heterocycles. The second-order valence-electron chi connectivity index (χ2n) is 6.07. The van der Waals surface area contributed by atoms with Crippen molar-refractivity contribution >= 4 is 23.5 Å². The van der Waals surface area contributed by atoms with Gasteiger partial charge in [0.1, 0.15) is 0 Å². The summed E-state index contributed by atoms with van der Waals surface area (Å²) in [5, 5.41) is 9.41. The molecule has 8 heteroatoms. The summed E-state index contributed by atoms with van der Waals surface area (Å²) >= 11 is 0. The normalized spacial score (nSPS) is 11.5. The number of rotatable bonds is 8. The van der Waals surface area contributed by atoms with E-state index >= 15 is 0 Å². The van der Waals surface area contributed by atoms with E-state index in [4.69, 9.17) is 4.74 Å². The molecule has 27 heavy (non-hydrogen) atoms. The van der Waals surface area contributed by atoms with Gasteiger partial charge in [0.05, 0.1) is 18.9 Å². The Bertz CT molecular complexity index is 816. The molecule has 1 heterocycles. The van der Waals surface area contributed by atoms with Crippen molar-refractivity contribution in [1.29, 1.82) is 0 Å². The number of esters is 1. The first kappa shape index (κ1) is 20.2. The highest BCUT2D eigenvalue weighted by Gasteiger charge is 2.27. The molecule has 0 saturated heterocycles. The monoisotopic (exact) mass is 372 g/mol. The number of nitrogens with zero attached hydrogens (tertiary/aromatic N) is 2. The summed E-state index contributed by atoms with van der Waals surface area (Å²) in [4.78, 5) is 36.9. The first-order valence-corrected chi connectivity index (χ1v) is 8.72. The van der Waals surface area contributed by atoms with Crippen molar-refractivity contribution in [2.45, 2.75) is 32.2 Å². The molecule has 1 aromatic heterocycles. The zero-order valence-electron chi connectivity index (χ0n) is 15.7. The minimum atomic E-state index is -1.06. The third-order valence-electron chi connectivity index (χ3n) is 3.98. The number of benzene rings is 1. The van der Waals surface area contributed by atoms with Crippen LogP contribution in [0.15, 0.2) is 36.7 Å². The highest BCUT2D eigenvalue weighted by Crippen LogP contribution is 2.25. The number of carbonyl (C=O) groups excluding carboxylic acids is 3. The number of hydrogen-bond donors (Lipinski definition) is 2. The second-order valence-corrected chi connectivity index (χ2v) is 6.07. The molecule has 144 valence electrons. The molecule has 1 atom stereocenters. The first-order valence-electron chi connectivity index (χ1n) is 8.72. The van der Waals surface area contributed by atoms with E-state index in [2.05, 4.69) is 15.7 Å². The highest BCUT2D eigenvalue weighted by molar-refractivity contribution is 5.98. The number of hydrogen-bond acceptors (Lipinski definition) is 5. The van der Waals surface area contributed by atoms with Crippen molar-refractivity contribution in [2.24, 2.45) is 7.05 Å². The molecule has 0 radical (unpaired) electrons. The zero-order chi connectivity index (χ0) is 19.8. The maximum atomic E-state index is 12.5. The lowest BCUT2D eigenvalue weighted by Crippen LogP contribution is -2.35. The molecule has 0 aliphatic carbocycles. The van der Waals surface area contributed by atoms with Crippen LogP contribution >= 0.6 is 0 Å². The highest BCUT2D eigenvalue weighted by atomic mass is 16.5. The van der Waals surface area contributed by atoms with E-state index < -0.39 is 17.9 Å². The van der Waals surface area contributed by atoms with Crippen molar-refractivity contribution in [1.82, 2.24) is 15.1 Å². The molecule has 1 unspecified atom stereocenters. The van der Waals surface area contributed by atoms with Gasteiger partial charge in [0.15, 0.2) is 6.04 Å². The summed E-state index contributed by atoms with van der Waals surface area (Å²) in [7, 11) is 2.93. The van der Waals surface area contributed by atoms with Gasteiger partial charge >= 0.3 is 5.97 Å². The van der Waals surface area contributed by atoms with Crippen LogP contribution in [-0.2, 0) is 21.4 Å². The fourth-order valence-electron chi connectivity index (χ4n) is 2.55. The van der Waals surface area contributed by atoms with Crippen LogP contribution in [0.4, 0.5) is 5.69 Å². The molecule has 0 bridgehead atoms. The molecule has 0 aliphatic rings. The molecule has 1 aromatic carbocycles. The van der Waals surface area contributed by atoms with Gasteiger partial charge in [0, 0.05) is 30.9 Å². The van der Waals surface area contributed by atoms with E-state index in [-0.39, 0.29) is 5.91 Å². The van der Waals surface area contributed by atoms with Crippen LogP contribution in [0, 0.1) is 0 Å². The Morgan fingerprint density at radius 3 is 2.63 bits per heavy atom. The fourth-order valence-corrected chi connectivity index (χ4v) is 2.55. The van der Waals surface area contributed by atoms with Gasteiger partial charge in [-0.1, -0.05) is 31.5 Å². The number of aryl methyl sites for hydroxylation is 1. The van der Waals surface area contributed by atoms with Gasteiger partial charge in [-0.05, 0) is 12.5 Å². The third kappa shape index (κ3) is 5.40. The van der Waals surface area contributed by atoms with Crippen LogP contribution < -0.4 is 10.6 Å². The summed E-state index contributed by atoms with van der Waals surface area (Å²) in [6, 6.07) is 5.76. The SMILES string of the molecule is CCCCC(=O)Nc1ccccc1C(NC(=O)c1cnn(C)c1)C(=O)OC. The molecule has 2 rings (SSSR count). The largest absolute Gasteiger partial charge is 0.467 e. The van der Waals surface area contributed by atoms with Crippen molar-refractivity contribution in [3.63, 3.8) is 0 Å². The summed E-state index contributed by atoms with van der Waals surface area (Å²) in [6.07, 6.45) is 5.01. The Morgan fingerprint density at radius 2 is 2.00 bits per heavy atom. The molecular weight excluding hydrogens is 348 g/mol. The summed E-state index contributed by atoms with van der Waals surface area (Å²) in [5.41, 5.74) is 1.22. The summed E-state index contributed by atoms with van der Waals surface area (Å²) < 4.78 is 6.34. The Labute approximate surface area is 157 Å². The third-order valence-corrected chi connectivity index (χ3v) is 3.98. The number of nitrogens with one attached hydrogen (secondary N) is 2. The number of aromatic nitrogens is 2. The Kier molecular flexibility index (Phi) is 7.10. The minimum absolute atomic E-state index is 0.147. The average molecular weight is 372 g/mol.